The summed E-state index contributed by atoms with van der Waals surface area (Å²) < 4.78 is 47.6. The van der Waals surface area contributed by atoms with Crippen molar-refractivity contribution in [1.29, 1.82) is 0 Å². The predicted octanol–water partition coefficient (Wildman–Crippen LogP) is 13.1. The average Bonchev–Trinajstić information content (AvgIpc) is 1.55. The van der Waals surface area contributed by atoms with E-state index in [2.05, 4.69) is 57.9 Å². The topological polar surface area (TPSA) is 315 Å². The second kappa shape index (κ2) is 40.6. The van der Waals surface area contributed by atoms with E-state index < -0.39 is 28.4 Å². The highest BCUT2D eigenvalue weighted by molar-refractivity contribution is 7.25. The van der Waals surface area contributed by atoms with Crippen molar-refractivity contribution in [1.82, 2.24) is 88.4 Å². The van der Waals surface area contributed by atoms with Crippen LogP contribution >= 0.6 is 45.3 Å². The molecule has 4 aromatic carbocycles. The lowest BCUT2D eigenvalue weighted by atomic mass is 10.1. The number of methoxy groups -OCH3 is 1. The number of amides is 4. The molecule has 17 aromatic rings. The largest absolute Gasteiger partial charge is 0.383 e. The number of benzene rings is 4. The summed E-state index contributed by atoms with van der Waals surface area (Å²) in [6, 6.07) is 41.5. The Morgan fingerprint density at radius 3 is 1.20 bits per heavy atom. The summed E-state index contributed by atoms with van der Waals surface area (Å²) in [4.78, 5) is 155. The molecule has 6 saturated heterocycles. The first-order chi connectivity index (χ1) is 67.3. The lowest BCUT2D eigenvalue weighted by Crippen LogP contribution is -2.38. The molecule has 0 radical (unpaired) electrons. The van der Waals surface area contributed by atoms with Crippen LogP contribution < -0.4 is 62.6 Å². The van der Waals surface area contributed by atoms with E-state index >= 15 is 8.78 Å². The summed E-state index contributed by atoms with van der Waals surface area (Å²) in [5.41, 5.74) is 5.96. The summed E-state index contributed by atoms with van der Waals surface area (Å²) in [7, 11) is 5.69. The van der Waals surface area contributed by atoms with Crippen molar-refractivity contribution in [3.63, 3.8) is 0 Å². The zero-order valence-electron chi connectivity index (χ0n) is 77.3. The number of ether oxygens (including phenoxy) is 1. The number of rotatable bonds is 13. The molecule has 6 aliphatic heterocycles. The zero-order valence-corrected chi connectivity index (χ0v) is 80.6. The average molecular weight is 1940 g/mol. The molecule has 0 saturated carbocycles. The number of pyridine rings is 8. The third-order valence-corrected chi connectivity index (χ3v) is 31.2. The molecule has 0 aliphatic carbocycles. The summed E-state index contributed by atoms with van der Waals surface area (Å²) in [5.74, 6) is -0.211. The van der Waals surface area contributed by atoms with Crippen molar-refractivity contribution in [2.75, 3.05) is 185 Å². The first kappa shape index (κ1) is 92.7. The Kier molecular flexibility index (Phi) is 27.3. The molecule has 6 fully saturated rings. The maximum Gasteiger partial charge on any atom is 0.260 e. The molecule has 23 rings (SSSR count). The van der Waals surface area contributed by atoms with Crippen molar-refractivity contribution in [2.24, 2.45) is 0 Å². The summed E-state index contributed by atoms with van der Waals surface area (Å²) in [6.07, 6.45) is 13.2. The number of aryl methyl sites for hydroxylation is 1. The number of fused-ring (bicyclic) bond motifs is 20. The lowest BCUT2D eigenvalue weighted by Gasteiger charge is -2.27. The second-order valence-electron chi connectivity index (χ2n) is 35.8. The molecule has 13 aromatic heterocycles. The van der Waals surface area contributed by atoms with Gasteiger partial charge >= 0.3 is 0 Å². The molecule has 31 nitrogen and oxygen atoms in total. The number of anilines is 4. The van der Waals surface area contributed by atoms with Crippen molar-refractivity contribution in [2.45, 2.75) is 77.7 Å². The van der Waals surface area contributed by atoms with Gasteiger partial charge in [-0.1, -0.05) is 48.5 Å². The molecule has 4 amide bonds. The van der Waals surface area contributed by atoms with Crippen LogP contribution in [0.2, 0.25) is 0 Å². The number of aromatic nitrogens is 10. The van der Waals surface area contributed by atoms with E-state index in [4.69, 9.17) is 24.7 Å². The number of carbonyl (C=O) groups excluding carboxylic acids is 4. The number of likely N-dealkylation sites (N-methyl/N-ethyl adjacent to an activating group) is 2. The molecule has 0 unspecified atom stereocenters. The SMILES string of the molecule is CN1CCCN(c2nc3c(cc2F)c(=O)c(C(=O)N2CCCCC2)c2sc4ccccc4n23)CC1.COCCNC(=O)c1c(=O)c2ccc(N3CCCNCC3)nc2n2c1sc1ccccc12.Cc1cnc(CNC(=O)c2c(=O)c3cc(F)c(N4CCCN(C)CC4)nc3n3c2sc2ccccc23)cn1.O=C(c1c(=O)c2ccc(N3CCCNCC3)nc2n2c1sc1ccccc12)N1CCCCC1. The Morgan fingerprint density at radius 2 is 0.775 bits per heavy atom. The minimum Gasteiger partial charge on any atom is -0.383 e. The highest BCUT2D eigenvalue weighted by Crippen LogP contribution is 2.39. The van der Waals surface area contributed by atoms with Crippen LogP contribution in [0.4, 0.5) is 32.1 Å². The van der Waals surface area contributed by atoms with Crippen LogP contribution in [0.3, 0.4) is 0 Å². The Bertz CT molecular complexity index is 7850. The van der Waals surface area contributed by atoms with Gasteiger partial charge in [0.15, 0.2) is 45.9 Å². The smallest absolute Gasteiger partial charge is 0.260 e. The number of hydrogen-bond donors (Lipinski definition) is 4. The maximum absolute atomic E-state index is 15.5. The minimum atomic E-state index is -0.570. The molecule has 0 spiro atoms. The predicted molar refractivity (Wildman–Crippen MR) is 547 cm³/mol. The van der Waals surface area contributed by atoms with Gasteiger partial charge in [0.1, 0.15) is 53.2 Å². The molecule has 0 bridgehead atoms. The molecular weight excluding hydrogens is 1830 g/mol. The Labute approximate surface area is 806 Å². The summed E-state index contributed by atoms with van der Waals surface area (Å²) in [5, 5.41) is 13.6. The zero-order chi connectivity index (χ0) is 94.9. The number of carbonyl (C=O) groups is 4. The van der Waals surface area contributed by atoms with E-state index in [-0.39, 0.29) is 74.2 Å². The van der Waals surface area contributed by atoms with Crippen molar-refractivity contribution < 1.29 is 32.7 Å². The van der Waals surface area contributed by atoms with Crippen molar-refractivity contribution >= 4 is 197 Å². The van der Waals surface area contributed by atoms with Gasteiger partial charge < -0.3 is 65.2 Å². The van der Waals surface area contributed by atoms with E-state index in [1.165, 1.54) is 57.5 Å². The molecule has 4 N–H and O–H groups in total. The Morgan fingerprint density at radius 1 is 0.391 bits per heavy atom. The highest BCUT2D eigenvalue weighted by atomic mass is 32.1. The van der Waals surface area contributed by atoms with E-state index in [1.807, 2.05) is 168 Å². The number of likely N-dealkylation sites (tertiary alicyclic amines) is 2. The Balaban J connectivity index is 0.000000114. The first-order valence-corrected chi connectivity index (χ1v) is 50.7. The van der Waals surface area contributed by atoms with Crippen LogP contribution in [0, 0.1) is 18.6 Å². The van der Waals surface area contributed by atoms with Crippen LogP contribution in [-0.4, -0.2) is 256 Å². The molecule has 37 heteroatoms. The minimum absolute atomic E-state index is 0.0379. The number of hydrogen-bond acceptors (Lipinski definition) is 27. The van der Waals surface area contributed by atoms with Crippen LogP contribution in [-0.2, 0) is 11.3 Å². The maximum atomic E-state index is 15.5. The number of nitrogens with zero attached hydrogens (tertiary/aromatic N) is 18. The fourth-order valence-electron chi connectivity index (χ4n) is 19.4. The fraction of sp³-hybridized carbons (Fsp3) is 0.366. The van der Waals surface area contributed by atoms with E-state index in [0.29, 0.717) is 129 Å². The number of para-hydroxylation sites is 4. The Hall–Kier alpha value is -13.0. The summed E-state index contributed by atoms with van der Waals surface area (Å²) >= 11 is 5.70. The van der Waals surface area contributed by atoms with Crippen molar-refractivity contribution in [3.8, 4) is 0 Å². The van der Waals surface area contributed by atoms with Gasteiger partial charge in [-0.3, -0.25) is 65.9 Å². The van der Waals surface area contributed by atoms with Gasteiger partial charge in [-0.15, -0.1) is 45.3 Å². The fourth-order valence-corrected chi connectivity index (χ4v) is 24.1. The van der Waals surface area contributed by atoms with Crippen LogP contribution in [0.5, 0.6) is 0 Å². The highest BCUT2D eigenvalue weighted by Gasteiger charge is 2.34. The molecular formula is C101H106F2N22O9S4. The van der Waals surface area contributed by atoms with E-state index in [1.54, 1.807) is 24.4 Å². The molecule has 6 aliphatic rings. The van der Waals surface area contributed by atoms with Gasteiger partial charge in [-0.25, -0.2) is 28.7 Å². The molecule has 0 atom stereocenters. The second-order valence-corrected chi connectivity index (χ2v) is 39.9. The lowest BCUT2D eigenvalue weighted by molar-refractivity contribution is 0.0717. The molecule has 19 heterocycles. The number of halogens is 2. The van der Waals surface area contributed by atoms with Gasteiger partial charge in [-0.2, -0.15) is 0 Å². The van der Waals surface area contributed by atoms with Gasteiger partial charge in [0, 0.05) is 125 Å². The number of piperidine rings is 2. The van der Waals surface area contributed by atoms with Gasteiger partial charge in [0.25, 0.3) is 23.6 Å². The standard InChI is InChI=1S/C27H26FN7O2S.C26H28FN5O2S.C25H27N5O2S.C23H25N5O3S/c1-16-13-30-17(14-29-16)15-31-26(37)22-23(36)18-12-19(28)25(34-9-5-8-33(2)10-11-34)32-24(18)35-20-6-3-4-7-21(20)38-27(22)35;1-29-10-7-13-30(15-14-29)24-18(27)16-17-22(33)21(25(34)31-11-5-2-6-12-31)26-32(23(17)28-24)19-8-3-4-9-20(19)35-26;31-22-17-9-10-20(28-15-6-11-26-12-16-28)27-23(17)30-18-7-2-3-8-19(18)33-25(30)21(22)24(32)29-13-4-1-5-14-29;1-31-14-11-25-22(30)19-20(29)15-7-8-18(27-12-4-9-24-10-13-27)26-21(15)28-16-5-2-3-6-17(16)32-23(19)28/h3-4,6-7,12-14H,5,8-11,15H2,1-2H3,(H,31,37);3-4,8-9,16H,2,5-7,10-15H2,1H3;2-3,7-10,26H,1,4-6,11-16H2;2-3,5-8,24H,4,9-14H2,1H3,(H,25,30). The van der Waals surface area contributed by atoms with Gasteiger partial charge in [-0.05, 0) is 196 Å². The number of nitrogens with one attached hydrogen (secondary N) is 4. The third-order valence-electron chi connectivity index (χ3n) is 26.6. The van der Waals surface area contributed by atoms with Crippen LogP contribution in [0.25, 0.3) is 104 Å². The van der Waals surface area contributed by atoms with Gasteiger partial charge in [0.05, 0.1) is 93.1 Å². The normalized spacial score (nSPS) is 16.3. The van der Waals surface area contributed by atoms with Crippen molar-refractivity contribution in [3.05, 3.63) is 232 Å². The summed E-state index contributed by atoms with van der Waals surface area (Å²) in [6.45, 7) is 18.9. The third kappa shape index (κ3) is 18.2. The van der Waals surface area contributed by atoms with Crippen LogP contribution in [0.15, 0.2) is 165 Å². The first-order valence-electron chi connectivity index (χ1n) is 47.4. The quantitative estimate of drug-likeness (QED) is 0.0779. The van der Waals surface area contributed by atoms with E-state index in [0.717, 1.165) is 201 Å². The number of thiazole rings is 4. The molecule has 138 heavy (non-hydrogen) atoms. The molecule has 712 valence electrons. The monoisotopic (exact) mass is 1940 g/mol. The van der Waals surface area contributed by atoms with Crippen LogP contribution in [0.1, 0.15) is 117 Å². The van der Waals surface area contributed by atoms with Gasteiger partial charge in [0.2, 0.25) is 21.7 Å². The van der Waals surface area contributed by atoms with E-state index in [9.17, 15) is 38.4 Å².